The fourth-order valence-electron chi connectivity index (χ4n) is 3.05. The molecule has 1 heterocycles. The molecule has 2 rings (SSSR count). The summed E-state index contributed by atoms with van der Waals surface area (Å²) in [6.07, 6.45) is 3.40. The fraction of sp³-hybridized carbons (Fsp3) is 0.529. The van der Waals surface area contributed by atoms with Crippen molar-refractivity contribution >= 4 is 11.8 Å². The smallest absolute Gasteiger partial charge is 0.225 e. The van der Waals surface area contributed by atoms with Crippen LogP contribution in [0.1, 0.15) is 44.2 Å². The first-order valence-corrected chi connectivity index (χ1v) is 7.93. The predicted octanol–water partition coefficient (Wildman–Crippen LogP) is 1.59. The Kier molecular flexibility index (Phi) is 5.95. The number of amides is 2. The van der Waals surface area contributed by atoms with Crippen molar-refractivity contribution in [2.45, 2.75) is 44.7 Å². The van der Waals surface area contributed by atoms with E-state index in [0.29, 0.717) is 6.54 Å². The lowest BCUT2D eigenvalue weighted by molar-refractivity contribution is -0.135. The molecule has 2 atom stereocenters. The molecule has 0 spiro atoms. The second-order valence-corrected chi connectivity index (χ2v) is 5.84. The SMILES string of the molecule is CC(=O)NC(CC(=O)N1CCCCC1CN)c1ccccc1. The highest BCUT2D eigenvalue weighted by atomic mass is 16.2. The van der Waals surface area contributed by atoms with Crippen molar-refractivity contribution in [3.8, 4) is 0 Å². The average molecular weight is 303 g/mol. The van der Waals surface area contributed by atoms with Crippen LogP contribution in [0.4, 0.5) is 0 Å². The number of hydrogen-bond acceptors (Lipinski definition) is 3. The van der Waals surface area contributed by atoms with Crippen molar-refractivity contribution < 1.29 is 9.59 Å². The molecule has 1 fully saturated rings. The molecule has 0 bridgehead atoms. The largest absolute Gasteiger partial charge is 0.349 e. The minimum atomic E-state index is -0.286. The highest BCUT2D eigenvalue weighted by Crippen LogP contribution is 2.22. The zero-order valence-electron chi connectivity index (χ0n) is 13.1. The molecule has 1 aliphatic rings. The quantitative estimate of drug-likeness (QED) is 0.867. The Morgan fingerprint density at radius 3 is 2.68 bits per heavy atom. The first-order chi connectivity index (χ1) is 10.6. The van der Waals surface area contributed by atoms with Crippen molar-refractivity contribution in [2.75, 3.05) is 13.1 Å². The third-order valence-electron chi connectivity index (χ3n) is 4.18. The van der Waals surface area contributed by atoms with Gasteiger partial charge in [0.1, 0.15) is 0 Å². The van der Waals surface area contributed by atoms with E-state index in [2.05, 4.69) is 5.32 Å². The van der Waals surface area contributed by atoms with Gasteiger partial charge in [0.25, 0.3) is 0 Å². The van der Waals surface area contributed by atoms with Gasteiger partial charge in [0.15, 0.2) is 0 Å². The first kappa shape index (κ1) is 16.5. The molecule has 0 aliphatic carbocycles. The predicted molar refractivity (Wildman–Crippen MR) is 86.0 cm³/mol. The molecule has 0 saturated carbocycles. The number of rotatable bonds is 5. The summed E-state index contributed by atoms with van der Waals surface area (Å²) in [4.78, 5) is 26.0. The van der Waals surface area contributed by atoms with Crippen molar-refractivity contribution in [3.05, 3.63) is 35.9 Å². The second-order valence-electron chi connectivity index (χ2n) is 5.84. The van der Waals surface area contributed by atoms with Gasteiger partial charge >= 0.3 is 0 Å². The Morgan fingerprint density at radius 2 is 2.05 bits per heavy atom. The molecule has 2 amide bonds. The van der Waals surface area contributed by atoms with Crippen molar-refractivity contribution in [3.63, 3.8) is 0 Å². The topological polar surface area (TPSA) is 75.4 Å². The Morgan fingerprint density at radius 1 is 1.32 bits per heavy atom. The van der Waals surface area contributed by atoms with Crippen LogP contribution in [0.3, 0.4) is 0 Å². The van der Waals surface area contributed by atoms with Gasteiger partial charge in [0.2, 0.25) is 11.8 Å². The minimum Gasteiger partial charge on any atom is -0.349 e. The Labute approximate surface area is 131 Å². The first-order valence-electron chi connectivity index (χ1n) is 7.93. The third kappa shape index (κ3) is 4.31. The van der Waals surface area contributed by atoms with E-state index in [9.17, 15) is 9.59 Å². The number of likely N-dealkylation sites (tertiary alicyclic amines) is 1. The van der Waals surface area contributed by atoms with Crippen LogP contribution in [-0.2, 0) is 9.59 Å². The summed E-state index contributed by atoms with van der Waals surface area (Å²) in [6.45, 7) is 2.74. The van der Waals surface area contributed by atoms with Crippen LogP contribution in [0, 0.1) is 0 Å². The lowest BCUT2D eigenvalue weighted by Crippen LogP contribution is -2.48. The van der Waals surface area contributed by atoms with Gasteiger partial charge in [-0.15, -0.1) is 0 Å². The molecule has 0 radical (unpaired) electrons. The van der Waals surface area contributed by atoms with Gasteiger partial charge in [0, 0.05) is 26.1 Å². The van der Waals surface area contributed by atoms with Gasteiger partial charge in [-0.1, -0.05) is 30.3 Å². The zero-order chi connectivity index (χ0) is 15.9. The molecule has 120 valence electrons. The molecule has 1 aliphatic heterocycles. The van der Waals surface area contributed by atoms with Crippen molar-refractivity contribution in [1.82, 2.24) is 10.2 Å². The number of benzene rings is 1. The fourth-order valence-corrected chi connectivity index (χ4v) is 3.05. The van der Waals surface area contributed by atoms with Crippen LogP contribution in [-0.4, -0.2) is 35.8 Å². The molecule has 0 aromatic heterocycles. The van der Waals surface area contributed by atoms with Gasteiger partial charge in [-0.3, -0.25) is 9.59 Å². The number of nitrogens with one attached hydrogen (secondary N) is 1. The van der Waals surface area contributed by atoms with Crippen molar-refractivity contribution in [1.29, 1.82) is 0 Å². The van der Waals surface area contributed by atoms with E-state index < -0.39 is 0 Å². The van der Waals surface area contributed by atoms with Crippen LogP contribution >= 0.6 is 0 Å². The molecular weight excluding hydrogens is 278 g/mol. The molecule has 2 unspecified atom stereocenters. The maximum Gasteiger partial charge on any atom is 0.225 e. The van der Waals surface area contributed by atoms with Gasteiger partial charge in [-0.2, -0.15) is 0 Å². The number of piperidine rings is 1. The molecule has 3 N–H and O–H groups in total. The minimum absolute atomic E-state index is 0.0674. The normalized spacial score (nSPS) is 19.5. The Balaban J connectivity index is 2.09. The summed E-state index contributed by atoms with van der Waals surface area (Å²) >= 11 is 0. The summed E-state index contributed by atoms with van der Waals surface area (Å²) < 4.78 is 0. The monoisotopic (exact) mass is 303 g/mol. The van der Waals surface area contributed by atoms with Crippen molar-refractivity contribution in [2.24, 2.45) is 5.73 Å². The lowest BCUT2D eigenvalue weighted by atomic mass is 9.99. The van der Waals surface area contributed by atoms with E-state index in [1.54, 1.807) is 0 Å². The molecule has 1 aromatic rings. The van der Waals surface area contributed by atoms with Gasteiger partial charge in [-0.05, 0) is 24.8 Å². The highest BCUT2D eigenvalue weighted by molar-refractivity contribution is 5.79. The van der Waals surface area contributed by atoms with Gasteiger partial charge < -0.3 is 16.0 Å². The summed E-state index contributed by atoms with van der Waals surface area (Å²) in [6, 6.07) is 9.47. The number of nitrogens with zero attached hydrogens (tertiary/aromatic N) is 1. The number of carbonyl (C=O) groups excluding carboxylic acids is 2. The van der Waals surface area contributed by atoms with E-state index in [1.807, 2.05) is 35.2 Å². The highest BCUT2D eigenvalue weighted by Gasteiger charge is 2.28. The van der Waals surface area contributed by atoms with E-state index in [0.717, 1.165) is 31.4 Å². The zero-order valence-corrected chi connectivity index (χ0v) is 13.1. The Bertz CT molecular complexity index is 504. The van der Waals surface area contributed by atoms with E-state index in [4.69, 9.17) is 5.73 Å². The van der Waals surface area contributed by atoms with E-state index in [-0.39, 0.29) is 30.3 Å². The summed E-state index contributed by atoms with van der Waals surface area (Å²) in [5.74, 6) is -0.0616. The molecule has 5 heteroatoms. The van der Waals surface area contributed by atoms with Crippen LogP contribution in [0.25, 0.3) is 0 Å². The summed E-state index contributed by atoms with van der Waals surface area (Å²) in [7, 11) is 0. The lowest BCUT2D eigenvalue weighted by Gasteiger charge is -2.36. The maximum atomic E-state index is 12.7. The van der Waals surface area contributed by atoms with Crippen LogP contribution in [0.2, 0.25) is 0 Å². The third-order valence-corrected chi connectivity index (χ3v) is 4.18. The molecule has 5 nitrogen and oxygen atoms in total. The molecular formula is C17H25N3O2. The van der Waals surface area contributed by atoms with Gasteiger partial charge in [-0.25, -0.2) is 0 Å². The standard InChI is InChI=1S/C17H25N3O2/c1-13(21)19-16(14-7-3-2-4-8-14)11-17(22)20-10-6-5-9-15(20)12-18/h2-4,7-8,15-16H,5-6,9-12,18H2,1H3,(H,19,21). The van der Waals surface area contributed by atoms with Crippen LogP contribution in [0.15, 0.2) is 30.3 Å². The number of carbonyl (C=O) groups is 2. The molecule has 22 heavy (non-hydrogen) atoms. The average Bonchev–Trinajstić information content (AvgIpc) is 2.54. The van der Waals surface area contributed by atoms with Crippen LogP contribution in [0.5, 0.6) is 0 Å². The summed E-state index contributed by atoms with van der Waals surface area (Å²) in [5, 5.41) is 2.88. The Hall–Kier alpha value is -1.88. The maximum absolute atomic E-state index is 12.7. The second kappa shape index (κ2) is 7.94. The van der Waals surface area contributed by atoms with Gasteiger partial charge in [0.05, 0.1) is 12.5 Å². The van der Waals surface area contributed by atoms with E-state index >= 15 is 0 Å². The van der Waals surface area contributed by atoms with E-state index in [1.165, 1.54) is 6.92 Å². The summed E-state index contributed by atoms with van der Waals surface area (Å²) in [5.41, 5.74) is 6.74. The molecule has 1 saturated heterocycles. The van der Waals surface area contributed by atoms with Crippen LogP contribution < -0.4 is 11.1 Å². The number of hydrogen-bond donors (Lipinski definition) is 2. The molecule has 1 aromatic carbocycles. The number of nitrogens with two attached hydrogens (primary N) is 1.